The minimum Gasteiger partial charge on any atom is -0.370 e. The Balaban J connectivity index is 1.35. The Bertz CT molecular complexity index is 1020. The molecule has 3 aromatic rings. The summed E-state index contributed by atoms with van der Waals surface area (Å²) in [5.74, 6) is 0.128. The summed E-state index contributed by atoms with van der Waals surface area (Å²) in [4.78, 5) is 11.0. The van der Waals surface area contributed by atoms with Gasteiger partial charge in [-0.15, -0.1) is 5.10 Å². The van der Waals surface area contributed by atoms with E-state index in [9.17, 15) is 4.79 Å². The Hall–Kier alpha value is -3.14. The zero-order valence-electron chi connectivity index (χ0n) is 16.1. The number of hydrogen-bond acceptors (Lipinski definition) is 7. The predicted molar refractivity (Wildman–Crippen MR) is 106 cm³/mol. The first-order chi connectivity index (χ1) is 14.7. The maximum absolute atomic E-state index is 11.0. The maximum atomic E-state index is 11.0. The van der Waals surface area contributed by atoms with Gasteiger partial charge in [-0.05, 0) is 21.6 Å². The number of rotatable bonds is 6. The number of ether oxygens (including phenoxy) is 3. The number of nitrogens with zero attached hydrogens (tertiary/aromatic N) is 4. The normalized spacial score (nSPS) is 25.3. The van der Waals surface area contributed by atoms with Crippen LogP contribution in [0.25, 0.3) is 22.5 Å². The average molecular weight is 407 g/mol. The van der Waals surface area contributed by atoms with E-state index in [1.165, 1.54) is 0 Å². The highest BCUT2D eigenvalue weighted by Gasteiger charge is 2.50. The van der Waals surface area contributed by atoms with Gasteiger partial charge in [0.25, 0.3) is 0 Å². The summed E-state index contributed by atoms with van der Waals surface area (Å²) < 4.78 is 19.1. The van der Waals surface area contributed by atoms with Crippen LogP contribution in [0.5, 0.6) is 0 Å². The van der Waals surface area contributed by atoms with Gasteiger partial charge in [0.1, 0.15) is 31.0 Å². The maximum Gasteiger partial charge on any atom is 0.243 e. The zero-order chi connectivity index (χ0) is 20.5. The predicted octanol–water partition coefficient (Wildman–Crippen LogP) is 1.22. The first-order valence-electron chi connectivity index (χ1n) is 9.77. The summed E-state index contributed by atoms with van der Waals surface area (Å²) in [5, 5.41) is 12.3. The molecular weight excluding hydrogens is 386 g/mol. The van der Waals surface area contributed by atoms with Crippen LogP contribution in [0.1, 0.15) is 6.04 Å². The van der Waals surface area contributed by atoms with Crippen LogP contribution in [-0.4, -0.2) is 64.2 Å². The minimum absolute atomic E-state index is 0.158. The number of amides is 1. The standard InChI is InChI=1S/C21H21N5O4/c22-18(27)12-28-17-11-30-19-16(10-29-20(17)19)26-21(23-24-25-26)15-8-6-14(7-9-15)13-4-2-1-3-5-13/h1-9,16-17,19-20H,10-12H2,(H2,22,27). The second kappa shape index (κ2) is 7.94. The molecule has 30 heavy (non-hydrogen) atoms. The number of carbonyl (C=O) groups excluding carboxylic acids is 1. The van der Waals surface area contributed by atoms with Crippen molar-refractivity contribution in [2.24, 2.45) is 5.73 Å². The lowest BCUT2D eigenvalue weighted by Crippen LogP contribution is -2.34. The summed E-state index contributed by atoms with van der Waals surface area (Å²) in [5.41, 5.74) is 8.34. The van der Waals surface area contributed by atoms with Gasteiger partial charge in [0.05, 0.1) is 13.2 Å². The zero-order valence-corrected chi connectivity index (χ0v) is 16.1. The molecule has 2 aliphatic rings. The molecule has 0 saturated carbocycles. The highest BCUT2D eigenvalue weighted by molar-refractivity contribution is 5.75. The average Bonchev–Trinajstić information content (AvgIpc) is 3.49. The summed E-state index contributed by atoms with van der Waals surface area (Å²) >= 11 is 0. The molecule has 154 valence electrons. The summed E-state index contributed by atoms with van der Waals surface area (Å²) in [6.45, 7) is 0.573. The van der Waals surface area contributed by atoms with Gasteiger partial charge in [-0.3, -0.25) is 4.79 Å². The topological polar surface area (TPSA) is 114 Å². The van der Waals surface area contributed by atoms with Crippen LogP contribution in [0.2, 0.25) is 0 Å². The van der Waals surface area contributed by atoms with E-state index in [2.05, 4.69) is 39.8 Å². The number of aromatic nitrogens is 4. The van der Waals surface area contributed by atoms with Crippen molar-refractivity contribution in [1.29, 1.82) is 0 Å². The molecule has 4 atom stereocenters. The minimum atomic E-state index is -0.519. The van der Waals surface area contributed by atoms with Gasteiger partial charge in [-0.2, -0.15) is 0 Å². The summed E-state index contributed by atoms with van der Waals surface area (Å²) in [6, 6.07) is 18.1. The Morgan fingerprint density at radius 2 is 1.70 bits per heavy atom. The van der Waals surface area contributed by atoms with E-state index >= 15 is 0 Å². The molecular formula is C21H21N5O4. The lowest BCUT2D eigenvalue weighted by molar-refractivity contribution is -0.126. The molecule has 9 heteroatoms. The van der Waals surface area contributed by atoms with Crippen molar-refractivity contribution in [3.63, 3.8) is 0 Å². The van der Waals surface area contributed by atoms with Crippen molar-refractivity contribution in [3.8, 4) is 22.5 Å². The van der Waals surface area contributed by atoms with Gasteiger partial charge in [-0.25, -0.2) is 4.68 Å². The Morgan fingerprint density at radius 3 is 2.47 bits per heavy atom. The second-order valence-corrected chi connectivity index (χ2v) is 7.37. The third kappa shape index (κ3) is 3.47. The Kier molecular flexibility index (Phi) is 4.99. The molecule has 1 aromatic heterocycles. The lowest BCUT2D eigenvalue weighted by atomic mass is 10.0. The van der Waals surface area contributed by atoms with E-state index in [0.29, 0.717) is 19.0 Å². The highest BCUT2D eigenvalue weighted by atomic mass is 16.6. The van der Waals surface area contributed by atoms with Crippen LogP contribution in [-0.2, 0) is 19.0 Å². The van der Waals surface area contributed by atoms with E-state index in [-0.39, 0.29) is 31.0 Å². The van der Waals surface area contributed by atoms with Gasteiger partial charge in [0.2, 0.25) is 5.91 Å². The number of carbonyl (C=O) groups is 1. The van der Waals surface area contributed by atoms with Crippen molar-refractivity contribution < 1.29 is 19.0 Å². The van der Waals surface area contributed by atoms with E-state index in [1.807, 2.05) is 30.3 Å². The van der Waals surface area contributed by atoms with E-state index in [1.54, 1.807) is 4.68 Å². The first-order valence-corrected chi connectivity index (χ1v) is 9.77. The Labute approximate surface area is 172 Å². The van der Waals surface area contributed by atoms with Gasteiger partial charge in [0, 0.05) is 5.56 Å². The van der Waals surface area contributed by atoms with E-state index < -0.39 is 5.91 Å². The van der Waals surface area contributed by atoms with E-state index in [0.717, 1.165) is 16.7 Å². The fourth-order valence-electron chi connectivity index (χ4n) is 4.04. The molecule has 2 aliphatic heterocycles. The quantitative estimate of drug-likeness (QED) is 0.653. The molecule has 2 fully saturated rings. The molecule has 2 N–H and O–H groups in total. The summed E-state index contributed by atoms with van der Waals surface area (Å²) in [6.07, 6.45) is -0.877. The second-order valence-electron chi connectivity index (χ2n) is 7.37. The molecule has 0 spiro atoms. The van der Waals surface area contributed by atoms with Gasteiger partial charge in [0.15, 0.2) is 5.82 Å². The SMILES string of the molecule is NC(=O)COC1COC2C1OCC2n1nnnc1-c1ccc(-c2ccccc2)cc1. The third-order valence-corrected chi connectivity index (χ3v) is 5.48. The first kappa shape index (κ1) is 18.9. The smallest absolute Gasteiger partial charge is 0.243 e. The molecule has 5 rings (SSSR count). The van der Waals surface area contributed by atoms with Crippen molar-refractivity contribution >= 4 is 5.91 Å². The molecule has 0 radical (unpaired) electrons. The number of fused-ring (bicyclic) bond motifs is 1. The number of hydrogen-bond donors (Lipinski definition) is 1. The number of tetrazole rings is 1. The van der Waals surface area contributed by atoms with Gasteiger partial charge < -0.3 is 19.9 Å². The van der Waals surface area contributed by atoms with Crippen LogP contribution >= 0.6 is 0 Å². The molecule has 4 unspecified atom stereocenters. The molecule has 1 amide bonds. The fourth-order valence-corrected chi connectivity index (χ4v) is 4.04. The molecule has 0 aliphatic carbocycles. The van der Waals surface area contributed by atoms with Crippen molar-refractivity contribution in [2.45, 2.75) is 24.4 Å². The monoisotopic (exact) mass is 407 g/mol. The van der Waals surface area contributed by atoms with Crippen LogP contribution in [0.3, 0.4) is 0 Å². The van der Waals surface area contributed by atoms with Crippen LogP contribution < -0.4 is 5.73 Å². The molecule has 0 bridgehead atoms. The van der Waals surface area contributed by atoms with Gasteiger partial charge in [-0.1, -0.05) is 54.6 Å². The van der Waals surface area contributed by atoms with Crippen LogP contribution in [0.15, 0.2) is 54.6 Å². The number of primary amides is 1. The van der Waals surface area contributed by atoms with Crippen LogP contribution in [0, 0.1) is 0 Å². The van der Waals surface area contributed by atoms with Crippen LogP contribution in [0.4, 0.5) is 0 Å². The third-order valence-electron chi connectivity index (χ3n) is 5.48. The molecule has 3 heterocycles. The fraction of sp³-hybridized carbons (Fsp3) is 0.333. The Morgan fingerprint density at radius 1 is 1.00 bits per heavy atom. The largest absolute Gasteiger partial charge is 0.370 e. The highest BCUT2D eigenvalue weighted by Crippen LogP contribution is 2.36. The molecule has 9 nitrogen and oxygen atoms in total. The number of benzene rings is 2. The molecule has 2 aromatic carbocycles. The molecule has 2 saturated heterocycles. The number of nitrogens with two attached hydrogens (primary N) is 1. The van der Waals surface area contributed by atoms with E-state index in [4.69, 9.17) is 19.9 Å². The van der Waals surface area contributed by atoms with Gasteiger partial charge >= 0.3 is 0 Å². The lowest BCUT2D eigenvalue weighted by Gasteiger charge is -2.17. The van der Waals surface area contributed by atoms with Crippen molar-refractivity contribution in [1.82, 2.24) is 20.2 Å². The van der Waals surface area contributed by atoms with Crippen molar-refractivity contribution in [3.05, 3.63) is 54.6 Å². The van der Waals surface area contributed by atoms with Crippen molar-refractivity contribution in [2.75, 3.05) is 19.8 Å². The summed E-state index contributed by atoms with van der Waals surface area (Å²) in [7, 11) is 0.